The molecule has 0 aliphatic carbocycles. The Morgan fingerprint density at radius 1 is 1.17 bits per heavy atom. The highest BCUT2D eigenvalue weighted by molar-refractivity contribution is 5.86. The van der Waals surface area contributed by atoms with Gasteiger partial charge in [-0.2, -0.15) is 0 Å². The molecule has 0 saturated carbocycles. The highest BCUT2D eigenvalue weighted by Gasteiger charge is 2.21. The first-order valence-electron chi connectivity index (χ1n) is 9.28. The van der Waals surface area contributed by atoms with Crippen molar-refractivity contribution >= 4 is 54.2 Å². The molecule has 11 heteroatoms. The summed E-state index contributed by atoms with van der Waals surface area (Å²) in [4.78, 5) is 11.5. The minimum Gasteiger partial charge on any atom is -0.444 e. The summed E-state index contributed by atoms with van der Waals surface area (Å²) in [6.45, 7) is 6.35. The number of likely N-dealkylation sites (tertiary alicyclic amines) is 1. The second-order valence-corrected chi connectivity index (χ2v) is 6.90. The summed E-state index contributed by atoms with van der Waals surface area (Å²) < 4.78 is 7.87. The number of benzene rings is 1. The van der Waals surface area contributed by atoms with Crippen LogP contribution in [0.1, 0.15) is 24.5 Å². The normalized spacial score (nSPS) is 14.2. The molecule has 4 rings (SSSR count). The first-order chi connectivity index (χ1) is 12.7. The van der Waals surface area contributed by atoms with E-state index in [4.69, 9.17) is 15.1 Å². The third-order valence-corrected chi connectivity index (χ3v) is 5.00. The van der Waals surface area contributed by atoms with E-state index in [1.54, 1.807) is 6.20 Å². The first kappa shape index (κ1) is 28.5. The zero-order valence-corrected chi connectivity index (χ0v) is 19.4. The Labute approximate surface area is 195 Å². The number of nitrogens with zero attached hydrogens (tertiary/aromatic N) is 4. The van der Waals surface area contributed by atoms with E-state index in [1.165, 1.54) is 0 Å². The van der Waals surface area contributed by atoms with Crippen LogP contribution in [0.3, 0.4) is 0 Å². The molecule has 0 spiro atoms. The van der Waals surface area contributed by atoms with E-state index in [-0.39, 0.29) is 42.7 Å². The molecule has 1 aliphatic rings. The van der Waals surface area contributed by atoms with Crippen LogP contribution in [0, 0.1) is 6.92 Å². The number of oxazole rings is 1. The van der Waals surface area contributed by atoms with Crippen LogP contribution in [0.4, 0.5) is 5.95 Å². The minimum absolute atomic E-state index is 0. The van der Waals surface area contributed by atoms with Crippen LogP contribution < -0.4 is 11.1 Å². The van der Waals surface area contributed by atoms with Gasteiger partial charge in [-0.25, -0.2) is 9.97 Å². The van der Waals surface area contributed by atoms with E-state index in [9.17, 15) is 0 Å². The molecule has 170 valence electrons. The molecule has 5 N–H and O–H groups in total. The lowest BCUT2D eigenvalue weighted by atomic mass is 10.1. The quantitative estimate of drug-likeness (QED) is 0.559. The molecular weight excluding hydrogens is 451 g/mol. The second-order valence-electron chi connectivity index (χ2n) is 6.90. The van der Waals surface area contributed by atoms with Crippen molar-refractivity contribution in [1.82, 2.24) is 19.4 Å². The van der Waals surface area contributed by atoms with Crippen molar-refractivity contribution in [2.75, 3.05) is 31.5 Å². The summed E-state index contributed by atoms with van der Waals surface area (Å²) >= 11 is 0. The fraction of sp³-hybridized carbons (Fsp3) is 0.474. The highest BCUT2D eigenvalue weighted by Crippen LogP contribution is 2.24. The smallest absolute Gasteiger partial charge is 0.204 e. The molecule has 0 radical (unpaired) electrons. The first-order valence-corrected chi connectivity index (χ1v) is 9.28. The summed E-state index contributed by atoms with van der Waals surface area (Å²) in [6.07, 6.45) is 3.99. The van der Waals surface area contributed by atoms with Gasteiger partial charge < -0.3 is 30.4 Å². The van der Waals surface area contributed by atoms with Crippen molar-refractivity contribution in [2.24, 2.45) is 5.73 Å². The third-order valence-electron chi connectivity index (χ3n) is 5.00. The largest absolute Gasteiger partial charge is 0.444 e. The molecular formula is C19H31Cl3N6O2. The van der Waals surface area contributed by atoms with Crippen LogP contribution in [-0.4, -0.2) is 57.1 Å². The van der Waals surface area contributed by atoms with Crippen LogP contribution in [0.25, 0.3) is 11.0 Å². The zero-order chi connectivity index (χ0) is 17.9. The van der Waals surface area contributed by atoms with E-state index in [0.29, 0.717) is 18.5 Å². The maximum Gasteiger partial charge on any atom is 0.204 e. The van der Waals surface area contributed by atoms with E-state index < -0.39 is 0 Å². The Morgan fingerprint density at radius 3 is 2.50 bits per heavy atom. The van der Waals surface area contributed by atoms with Gasteiger partial charge in [-0.15, -0.1) is 37.2 Å². The zero-order valence-electron chi connectivity index (χ0n) is 16.9. The van der Waals surface area contributed by atoms with Crippen LogP contribution in [-0.2, 0) is 6.54 Å². The number of hydrogen-bond donors (Lipinski definition) is 2. The number of rotatable bonds is 6. The van der Waals surface area contributed by atoms with Gasteiger partial charge in [-0.3, -0.25) is 0 Å². The van der Waals surface area contributed by atoms with Gasteiger partial charge in [0.15, 0.2) is 5.89 Å². The molecule has 3 aromatic rings. The fourth-order valence-corrected chi connectivity index (χ4v) is 3.65. The standard InChI is InChI=1S/C19H26N6O.3ClH.H2O/c1-14-21-12-16(26-14)13-25-18-5-3-2-4-17(18)23-19(25)22-15-6-9-24(10-7-15)11-8-20;;;;/h2-5,12,15H,6-11,13,20H2,1H3,(H,22,23);3*1H;1H2. The molecule has 0 bridgehead atoms. The van der Waals surface area contributed by atoms with Gasteiger partial charge in [0.25, 0.3) is 0 Å². The van der Waals surface area contributed by atoms with Crippen molar-refractivity contribution in [2.45, 2.75) is 32.4 Å². The SMILES string of the molecule is Cc1ncc(Cn2c(NC3CCN(CCN)CC3)nc3ccccc32)o1.Cl.Cl.Cl.O. The van der Waals surface area contributed by atoms with Crippen molar-refractivity contribution in [3.05, 3.63) is 42.1 Å². The summed E-state index contributed by atoms with van der Waals surface area (Å²) in [5.74, 6) is 2.43. The molecule has 0 amide bonds. The number of hydrogen-bond acceptors (Lipinski definition) is 6. The van der Waals surface area contributed by atoms with E-state index in [2.05, 4.69) is 25.8 Å². The Hall–Kier alpha value is -1.55. The van der Waals surface area contributed by atoms with Crippen molar-refractivity contribution < 1.29 is 9.89 Å². The van der Waals surface area contributed by atoms with Gasteiger partial charge in [0, 0.05) is 39.1 Å². The summed E-state index contributed by atoms with van der Waals surface area (Å²) in [7, 11) is 0. The molecule has 2 aromatic heterocycles. The monoisotopic (exact) mass is 480 g/mol. The Balaban J connectivity index is 0.00000210. The number of imidazole rings is 1. The Kier molecular flexibility index (Phi) is 12.3. The average Bonchev–Trinajstić information content (AvgIpc) is 3.21. The van der Waals surface area contributed by atoms with E-state index in [0.717, 1.165) is 61.8 Å². The number of anilines is 1. The van der Waals surface area contributed by atoms with Gasteiger partial charge in [0.1, 0.15) is 5.76 Å². The van der Waals surface area contributed by atoms with Crippen molar-refractivity contribution in [1.29, 1.82) is 0 Å². The summed E-state index contributed by atoms with van der Waals surface area (Å²) in [5.41, 5.74) is 7.76. The topological polar surface area (TPSA) is 117 Å². The van der Waals surface area contributed by atoms with Gasteiger partial charge in [-0.1, -0.05) is 12.1 Å². The predicted octanol–water partition coefficient (Wildman–Crippen LogP) is 2.66. The number of para-hydroxylation sites is 2. The third kappa shape index (κ3) is 6.47. The predicted molar refractivity (Wildman–Crippen MR) is 128 cm³/mol. The minimum atomic E-state index is 0. The van der Waals surface area contributed by atoms with E-state index >= 15 is 0 Å². The lowest BCUT2D eigenvalue weighted by Crippen LogP contribution is -2.41. The average molecular weight is 482 g/mol. The number of halogens is 3. The van der Waals surface area contributed by atoms with Crippen LogP contribution in [0.15, 0.2) is 34.9 Å². The number of aryl methyl sites for hydroxylation is 1. The molecule has 1 fully saturated rings. The Bertz CT molecular complexity index is 880. The molecule has 3 heterocycles. The molecule has 0 atom stereocenters. The number of nitrogens with two attached hydrogens (primary N) is 1. The number of fused-ring (bicyclic) bond motifs is 1. The van der Waals surface area contributed by atoms with E-state index in [1.807, 2.05) is 25.1 Å². The van der Waals surface area contributed by atoms with Crippen LogP contribution in [0.2, 0.25) is 0 Å². The van der Waals surface area contributed by atoms with Crippen molar-refractivity contribution in [3.63, 3.8) is 0 Å². The van der Waals surface area contributed by atoms with Crippen LogP contribution >= 0.6 is 37.2 Å². The fourth-order valence-electron chi connectivity index (χ4n) is 3.65. The van der Waals surface area contributed by atoms with Gasteiger partial charge in [0.2, 0.25) is 5.95 Å². The Morgan fingerprint density at radius 2 is 1.87 bits per heavy atom. The lowest BCUT2D eigenvalue weighted by molar-refractivity contribution is 0.224. The highest BCUT2D eigenvalue weighted by atomic mass is 35.5. The summed E-state index contributed by atoms with van der Waals surface area (Å²) in [6, 6.07) is 8.64. The molecule has 0 unspecified atom stereocenters. The molecule has 30 heavy (non-hydrogen) atoms. The van der Waals surface area contributed by atoms with Crippen molar-refractivity contribution in [3.8, 4) is 0 Å². The van der Waals surface area contributed by atoms with Gasteiger partial charge in [-0.05, 0) is 25.0 Å². The maximum atomic E-state index is 5.69. The number of piperidine rings is 1. The molecule has 1 aromatic carbocycles. The summed E-state index contributed by atoms with van der Waals surface area (Å²) in [5, 5.41) is 3.66. The maximum absolute atomic E-state index is 5.69. The lowest BCUT2D eigenvalue weighted by Gasteiger charge is -2.32. The molecule has 8 nitrogen and oxygen atoms in total. The number of aromatic nitrogens is 3. The second kappa shape index (κ2) is 13.0. The molecule has 1 saturated heterocycles. The van der Waals surface area contributed by atoms with Crippen LogP contribution in [0.5, 0.6) is 0 Å². The number of nitrogens with one attached hydrogen (secondary N) is 1. The molecule has 1 aliphatic heterocycles. The van der Waals surface area contributed by atoms with Gasteiger partial charge in [0.05, 0.1) is 23.8 Å². The van der Waals surface area contributed by atoms with Gasteiger partial charge >= 0.3 is 0 Å².